The molecular formula is C22H27N3O2. The highest BCUT2D eigenvalue weighted by Gasteiger charge is 2.27. The van der Waals surface area contributed by atoms with Gasteiger partial charge in [-0.2, -0.15) is 0 Å². The minimum absolute atomic E-state index is 0.126. The summed E-state index contributed by atoms with van der Waals surface area (Å²) in [6.45, 7) is 4.11. The van der Waals surface area contributed by atoms with Gasteiger partial charge in [0.25, 0.3) is 5.56 Å². The summed E-state index contributed by atoms with van der Waals surface area (Å²) in [6.07, 6.45) is 4.89. The lowest BCUT2D eigenvalue weighted by Crippen LogP contribution is -2.34. The predicted octanol–water partition coefficient (Wildman–Crippen LogP) is 2.39. The number of fused-ring (bicyclic) bond motifs is 1. The fourth-order valence-corrected chi connectivity index (χ4v) is 3.89. The number of aromatic nitrogens is 2. The molecule has 0 spiro atoms. The zero-order chi connectivity index (χ0) is 18.8. The third-order valence-corrected chi connectivity index (χ3v) is 5.68. The first kappa shape index (κ1) is 18.0. The fourth-order valence-electron chi connectivity index (χ4n) is 3.89. The first-order valence-electron chi connectivity index (χ1n) is 10.1. The van der Waals surface area contributed by atoms with Crippen molar-refractivity contribution in [2.75, 3.05) is 13.1 Å². The second-order valence-electron chi connectivity index (χ2n) is 7.71. The molecule has 2 heterocycles. The summed E-state index contributed by atoms with van der Waals surface area (Å²) in [7, 11) is 0. The van der Waals surface area contributed by atoms with Gasteiger partial charge in [-0.15, -0.1) is 0 Å². The lowest BCUT2D eigenvalue weighted by molar-refractivity contribution is -0.130. The maximum absolute atomic E-state index is 13.1. The Bertz CT molecular complexity index is 884. The van der Waals surface area contributed by atoms with Crippen molar-refractivity contribution in [2.24, 2.45) is 5.92 Å². The van der Waals surface area contributed by atoms with E-state index in [0.29, 0.717) is 38.3 Å². The van der Waals surface area contributed by atoms with Gasteiger partial charge < -0.3 is 4.90 Å². The van der Waals surface area contributed by atoms with E-state index in [1.54, 1.807) is 0 Å². The Morgan fingerprint density at radius 2 is 1.89 bits per heavy atom. The highest BCUT2D eigenvalue weighted by Crippen LogP contribution is 2.30. The Morgan fingerprint density at radius 1 is 1.15 bits per heavy atom. The summed E-state index contributed by atoms with van der Waals surface area (Å²) in [4.78, 5) is 32.5. The topological polar surface area (TPSA) is 55.2 Å². The maximum Gasteiger partial charge on any atom is 0.257 e. The zero-order valence-corrected chi connectivity index (χ0v) is 16.0. The average Bonchev–Trinajstić information content (AvgIpc) is 3.51. The van der Waals surface area contributed by atoms with Gasteiger partial charge in [0.15, 0.2) is 0 Å². The van der Waals surface area contributed by atoms with Gasteiger partial charge in [0.05, 0.1) is 12.1 Å². The molecule has 0 radical (unpaired) electrons. The summed E-state index contributed by atoms with van der Waals surface area (Å²) < 4.78 is 1.90. The zero-order valence-electron chi connectivity index (χ0n) is 16.0. The van der Waals surface area contributed by atoms with Crippen LogP contribution in [0.25, 0.3) is 0 Å². The molecule has 2 aromatic rings. The van der Waals surface area contributed by atoms with Crippen LogP contribution >= 0.6 is 0 Å². The normalized spacial score (nSPS) is 16.7. The average molecular weight is 365 g/mol. The lowest BCUT2D eigenvalue weighted by atomic mass is 10.1. The fraction of sp³-hybridized carbons (Fsp3) is 0.500. The van der Waals surface area contributed by atoms with E-state index in [4.69, 9.17) is 4.98 Å². The number of aryl methyl sites for hydroxylation is 1. The Balaban J connectivity index is 1.53. The monoisotopic (exact) mass is 365 g/mol. The SMILES string of the molecule is CCc1nc2c(c(=O)n1CC1CC1)CCN(C(=O)Cc1ccccc1)CC2. The first-order valence-corrected chi connectivity index (χ1v) is 10.1. The van der Waals surface area contributed by atoms with E-state index in [0.717, 1.165) is 35.6 Å². The molecular weight excluding hydrogens is 338 g/mol. The quantitative estimate of drug-likeness (QED) is 0.817. The number of nitrogens with zero attached hydrogens (tertiary/aromatic N) is 3. The van der Waals surface area contributed by atoms with Crippen LogP contribution in [-0.2, 0) is 37.0 Å². The van der Waals surface area contributed by atoms with Gasteiger partial charge in [-0.1, -0.05) is 37.3 Å². The van der Waals surface area contributed by atoms with Crippen molar-refractivity contribution in [2.45, 2.75) is 52.0 Å². The molecule has 0 N–H and O–H groups in total. The molecule has 1 aromatic heterocycles. The van der Waals surface area contributed by atoms with Crippen LogP contribution in [0.2, 0.25) is 0 Å². The van der Waals surface area contributed by atoms with Gasteiger partial charge in [-0.05, 0) is 30.7 Å². The van der Waals surface area contributed by atoms with Crippen molar-refractivity contribution in [1.82, 2.24) is 14.5 Å². The van der Waals surface area contributed by atoms with Crippen LogP contribution in [0.4, 0.5) is 0 Å². The summed E-state index contributed by atoms with van der Waals surface area (Å²) in [5.74, 6) is 1.67. The summed E-state index contributed by atoms with van der Waals surface area (Å²) in [5, 5.41) is 0. The number of carbonyl (C=O) groups excluding carboxylic acids is 1. The maximum atomic E-state index is 13.1. The van der Waals surface area contributed by atoms with E-state index in [-0.39, 0.29) is 11.5 Å². The number of rotatable bonds is 5. The van der Waals surface area contributed by atoms with Gasteiger partial charge in [0.2, 0.25) is 5.91 Å². The molecule has 0 saturated heterocycles. The van der Waals surface area contributed by atoms with E-state index in [9.17, 15) is 9.59 Å². The predicted molar refractivity (Wildman–Crippen MR) is 105 cm³/mol. The second kappa shape index (κ2) is 7.67. The summed E-state index contributed by atoms with van der Waals surface area (Å²) >= 11 is 0. The number of hydrogen-bond acceptors (Lipinski definition) is 3. The van der Waals surface area contributed by atoms with Gasteiger partial charge >= 0.3 is 0 Å². The van der Waals surface area contributed by atoms with Crippen molar-refractivity contribution in [3.63, 3.8) is 0 Å². The van der Waals surface area contributed by atoms with Crippen molar-refractivity contribution in [1.29, 1.82) is 0 Å². The third kappa shape index (κ3) is 3.97. The molecule has 4 rings (SSSR count). The third-order valence-electron chi connectivity index (χ3n) is 5.68. The summed E-state index contributed by atoms with van der Waals surface area (Å²) in [5.41, 5.74) is 2.88. The number of carbonyl (C=O) groups is 1. The minimum Gasteiger partial charge on any atom is -0.342 e. The molecule has 2 aliphatic rings. The van der Waals surface area contributed by atoms with Crippen LogP contribution in [0, 0.1) is 5.92 Å². The van der Waals surface area contributed by atoms with Crippen LogP contribution < -0.4 is 5.56 Å². The van der Waals surface area contributed by atoms with E-state index in [1.165, 1.54) is 12.8 Å². The van der Waals surface area contributed by atoms with Gasteiger partial charge in [0, 0.05) is 38.0 Å². The Hall–Kier alpha value is -2.43. The van der Waals surface area contributed by atoms with Crippen LogP contribution in [0.1, 0.15) is 42.4 Å². The van der Waals surface area contributed by atoms with Crippen molar-refractivity contribution >= 4 is 5.91 Å². The molecule has 1 saturated carbocycles. The highest BCUT2D eigenvalue weighted by atomic mass is 16.2. The molecule has 5 heteroatoms. The molecule has 1 amide bonds. The Kier molecular flexibility index (Phi) is 5.10. The molecule has 1 aromatic carbocycles. The van der Waals surface area contributed by atoms with Crippen LogP contribution in [0.3, 0.4) is 0 Å². The number of hydrogen-bond donors (Lipinski definition) is 0. The number of amides is 1. The molecule has 1 aliphatic carbocycles. The molecule has 5 nitrogen and oxygen atoms in total. The standard InChI is InChI=1S/C22H27N3O2/c1-2-20-23-19-11-13-24(21(26)14-16-6-4-3-5-7-16)12-10-18(19)22(27)25(20)15-17-8-9-17/h3-7,17H,2,8-15H2,1H3. The highest BCUT2D eigenvalue weighted by molar-refractivity contribution is 5.78. The van der Waals surface area contributed by atoms with E-state index in [2.05, 4.69) is 6.92 Å². The Labute approximate surface area is 160 Å². The van der Waals surface area contributed by atoms with Crippen molar-refractivity contribution < 1.29 is 4.79 Å². The minimum atomic E-state index is 0.126. The first-order chi connectivity index (χ1) is 13.2. The molecule has 0 unspecified atom stereocenters. The van der Waals surface area contributed by atoms with E-state index in [1.807, 2.05) is 39.8 Å². The van der Waals surface area contributed by atoms with Crippen molar-refractivity contribution in [3.05, 3.63) is 63.3 Å². The largest absolute Gasteiger partial charge is 0.342 e. The molecule has 0 bridgehead atoms. The van der Waals surface area contributed by atoms with Crippen LogP contribution in [0.15, 0.2) is 35.1 Å². The smallest absolute Gasteiger partial charge is 0.257 e. The lowest BCUT2D eigenvalue weighted by Gasteiger charge is -2.20. The molecule has 27 heavy (non-hydrogen) atoms. The molecule has 142 valence electrons. The summed E-state index contributed by atoms with van der Waals surface area (Å²) in [6, 6.07) is 9.84. The van der Waals surface area contributed by atoms with Gasteiger partial charge in [0.1, 0.15) is 5.82 Å². The molecule has 0 atom stereocenters. The van der Waals surface area contributed by atoms with Gasteiger partial charge in [-0.3, -0.25) is 14.2 Å². The van der Waals surface area contributed by atoms with Crippen molar-refractivity contribution in [3.8, 4) is 0 Å². The van der Waals surface area contributed by atoms with E-state index >= 15 is 0 Å². The van der Waals surface area contributed by atoms with Crippen LogP contribution in [0.5, 0.6) is 0 Å². The number of benzene rings is 1. The van der Waals surface area contributed by atoms with Crippen LogP contribution in [-0.4, -0.2) is 33.4 Å². The molecule has 1 aliphatic heterocycles. The molecule has 1 fully saturated rings. The van der Waals surface area contributed by atoms with Gasteiger partial charge in [-0.25, -0.2) is 4.98 Å². The van der Waals surface area contributed by atoms with E-state index < -0.39 is 0 Å². The second-order valence-corrected chi connectivity index (χ2v) is 7.71. The Morgan fingerprint density at radius 3 is 2.59 bits per heavy atom.